The predicted octanol–water partition coefficient (Wildman–Crippen LogP) is 2.71. The largest absolute Gasteiger partial charge is 0.495 e. The topological polar surface area (TPSA) is 56.8 Å². The Balaban J connectivity index is 2.99. The zero-order valence-corrected chi connectivity index (χ0v) is 13.4. The van der Waals surface area contributed by atoms with Crippen LogP contribution in [-0.2, 0) is 14.3 Å². The van der Waals surface area contributed by atoms with Crippen molar-refractivity contribution in [2.45, 2.75) is 32.4 Å². The van der Waals surface area contributed by atoms with Crippen LogP contribution in [-0.4, -0.2) is 39.4 Å². The third kappa shape index (κ3) is 4.93. The normalized spacial score (nSPS) is 13.6. The molecular weight excluding hydrogens is 270 g/mol. The van der Waals surface area contributed by atoms with Crippen molar-refractivity contribution in [1.29, 1.82) is 0 Å². The summed E-state index contributed by atoms with van der Waals surface area (Å²) in [6, 6.07) is 7.40. The smallest absolute Gasteiger partial charge is 0.337 e. The summed E-state index contributed by atoms with van der Waals surface area (Å²) in [4.78, 5) is 11.9. The number of hydrogen-bond donors (Lipinski definition) is 1. The molecule has 0 saturated heterocycles. The first-order valence-corrected chi connectivity index (χ1v) is 7.03. The molecule has 5 nitrogen and oxygen atoms in total. The van der Waals surface area contributed by atoms with Crippen LogP contribution in [0, 0.1) is 5.92 Å². The average Bonchev–Trinajstić information content (AvgIpc) is 2.47. The third-order valence-corrected chi connectivity index (χ3v) is 3.23. The summed E-state index contributed by atoms with van der Waals surface area (Å²) in [5, 5.41) is 3.35. The highest BCUT2D eigenvalue weighted by molar-refractivity contribution is 5.76. The van der Waals surface area contributed by atoms with Crippen molar-refractivity contribution >= 4 is 11.7 Å². The number of benzene rings is 1. The summed E-state index contributed by atoms with van der Waals surface area (Å²) in [5.41, 5.74) is 0.830. The van der Waals surface area contributed by atoms with E-state index < -0.39 is 6.10 Å². The molecule has 0 aliphatic carbocycles. The zero-order chi connectivity index (χ0) is 15.8. The van der Waals surface area contributed by atoms with Crippen LogP contribution in [0.1, 0.15) is 20.3 Å². The van der Waals surface area contributed by atoms with Gasteiger partial charge in [0, 0.05) is 7.11 Å². The molecule has 1 rings (SSSR count). The SMILES string of the molecule is COC(=O)[C@H](OC)[C@@H](CC(C)C)Nc1ccccc1OC. The van der Waals surface area contributed by atoms with Crippen molar-refractivity contribution < 1.29 is 19.0 Å². The fraction of sp³-hybridized carbons (Fsp3) is 0.562. The summed E-state index contributed by atoms with van der Waals surface area (Å²) < 4.78 is 15.5. The standard InChI is InChI=1S/C16H25NO4/c1-11(2)10-13(15(20-4)16(18)21-5)17-12-8-6-7-9-14(12)19-3/h6-9,11,13,15,17H,10H2,1-5H3/t13-,15-/m1/s1. The van der Waals surface area contributed by atoms with Gasteiger partial charge in [0.1, 0.15) is 5.75 Å². The molecule has 0 aliphatic heterocycles. The molecule has 0 heterocycles. The van der Waals surface area contributed by atoms with Gasteiger partial charge in [-0.15, -0.1) is 0 Å². The summed E-state index contributed by atoms with van der Waals surface area (Å²) in [6.07, 6.45) is 0.105. The van der Waals surface area contributed by atoms with Crippen LogP contribution in [0.15, 0.2) is 24.3 Å². The average molecular weight is 295 g/mol. The first-order chi connectivity index (χ1) is 10.0. The number of anilines is 1. The molecule has 0 saturated carbocycles. The van der Waals surface area contributed by atoms with E-state index in [-0.39, 0.29) is 12.0 Å². The Bertz CT molecular complexity index is 448. The van der Waals surface area contributed by atoms with Crippen molar-refractivity contribution in [3.05, 3.63) is 24.3 Å². The molecule has 0 fully saturated rings. The van der Waals surface area contributed by atoms with E-state index in [1.165, 1.54) is 14.2 Å². The number of hydrogen-bond acceptors (Lipinski definition) is 5. The second kappa shape index (κ2) is 8.52. The van der Waals surface area contributed by atoms with E-state index in [2.05, 4.69) is 19.2 Å². The molecule has 21 heavy (non-hydrogen) atoms. The Morgan fingerprint density at radius 2 is 1.86 bits per heavy atom. The van der Waals surface area contributed by atoms with Gasteiger partial charge < -0.3 is 19.5 Å². The second-order valence-electron chi connectivity index (χ2n) is 5.26. The molecule has 0 aromatic heterocycles. The maximum Gasteiger partial charge on any atom is 0.337 e. The van der Waals surface area contributed by atoms with Gasteiger partial charge in [-0.05, 0) is 24.5 Å². The molecule has 118 valence electrons. The Hall–Kier alpha value is -1.75. The Morgan fingerprint density at radius 1 is 1.19 bits per heavy atom. The van der Waals surface area contributed by atoms with Crippen LogP contribution >= 0.6 is 0 Å². The summed E-state index contributed by atoms with van der Waals surface area (Å²) in [6.45, 7) is 4.20. The van der Waals surface area contributed by atoms with E-state index in [1.54, 1.807) is 7.11 Å². The number of carbonyl (C=O) groups excluding carboxylic acids is 1. The van der Waals surface area contributed by atoms with Gasteiger partial charge in [0.2, 0.25) is 0 Å². The number of methoxy groups -OCH3 is 3. The number of rotatable bonds is 8. The van der Waals surface area contributed by atoms with E-state index in [4.69, 9.17) is 14.2 Å². The van der Waals surface area contributed by atoms with E-state index in [0.29, 0.717) is 5.92 Å². The fourth-order valence-corrected chi connectivity index (χ4v) is 2.27. The molecule has 0 bridgehead atoms. The highest BCUT2D eigenvalue weighted by Gasteiger charge is 2.30. The predicted molar refractivity (Wildman–Crippen MR) is 82.7 cm³/mol. The summed E-state index contributed by atoms with van der Waals surface area (Å²) >= 11 is 0. The molecule has 0 amide bonds. The van der Waals surface area contributed by atoms with Crippen molar-refractivity contribution in [1.82, 2.24) is 0 Å². The number of esters is 1. The molecular formula is C16H25NO4. The van der Waals surface area contributed by atoms with Crippen LogP contribution in [0.3, 0.4) is 0 Å². The van der Waals surface area contributed by atoms with Crippen molar-refractivity contribution in [2.75, 3.05) is 26.6 Å². The molecule has 5 heteroatoms. The zero-order valence-electron chi connectivity index (χ0n) is 13.4. The maximum atomic E-state index is 11.9. The van der Waals surface area contributed by atoms with Crippen molar-refractivity contribution in [3.63, 3.8) is 0 Å². The lowest BCUT2D eigenvalue weighted by atomic mass is 9.98. The van der Waals surface area contributed by atoms with Gasteiger partial charge in [0.05, 0.1) is 25.9 Å². The van der Waals surface area contributed by atoms with Crippen LogP contribution in [0.25, 0.3) is 0 Å². The Morgan fingerprint density at radius 3 is 2.38 bits per heavy atom. The maximum absolute atomic E-state index is 11.9. The lowest BCUT2D eigenvalue weighted by molar-refractivity contribution is -0.153. The van der Waals surface area contributed by atoms with Gasteiger partial charge in [-0.2, -0.15) is 0 Å². The van der Waals surface area contributed by atoms with E-state index in [9.17, 15) is 4.79 Å². The number of carbonyl (C=O) groups is 1. The second-order valence-corrected chi connectivity index (χ2v) is 5.26. The fourth-order valence-electron chi connectivity index (χ4n) is 2.27. The van der Waals surface area contributed by atoms with Gasteiger partial charge in [0.25, 0.3) is 0 Å². The number of ether oxygens (including phenoxy) is 3. The van der Waals surface area contributed by atoms with Crippen LogP contribution in [0.2, 0.25) is 0 Å². The summed E-state index contributed by atoms with van der Waals surface area (Å²) in [7, 11) is 4.49. The van der Waals surface area contributed by atoms with Crippen molar-refractivity contribution in [3.8, 4) is 5.75 Å². The van der Waals surface area contributed by atoms with E-state index in [1.807, 2.05) is 24.3 Å². The Kier molecular flexibility index (Phi) is 7.02. The molecule has 1 aromatic rings. The molecule has 2 atom stereocenters. The molecule has 1 aromatic carbocycles. The minimum absolute atomic E-state index is 0.196. The minimum atomic E-state index is -0.665. The van der Waals surface area contributed by atoms with Gasteiger partial charge in [-0.25, -0.2) is 4.79 Å². The quantitative estimate of drug-likeness (QED) is 0.747. The monoisotopic (exact) mass is 295 g/mol. The summed E-state index contributed by atoms with van der Waals surface area (Å²) in [5.74, 6) is 0.746. The van der Waals surface area contributed by atoms with Crippen LogP contribution in [0.5, 0.6) is 5.75 Å². The van der Waals surface area contributed by atoms with Crippen LogP contribution in [0.4, 0.5) is 5.69 Å². The third-order valence-electron chi connectivity index (χ3n) is 3.23. The first kappa shape index (κ1) is 17.3. The highest BCUT2D eigenvalue weighted by atomic mass is 16.6. The van der Waals surface area contributed by atoms with Gasteiger partial charge >= 0.3 is 5.97 Å². The molecule has 0 unspecified atom stereocenters. The van der Waals surface area contributed by atoms with Crippen LogP contribution < -0.4 is 10.1 Å². The Labute approximate surface area is 126 Å². The number of nitrogens with one attached hydrogen (secondary N) is 1. The minimum Gasteiger partial charge on any atom is -0.495 e. The number of para-hydroxylation sites is 2. The molecule has 0 aliphatic rings. The highest BCUT2D eigenvalue weighted by Crippen LogP contribution is 2.26. The first-order valence-electron chi connectivity index (χ1n) is 7.03. The van der Waals surface area contributed by atoms with Gasteiger partial charge in [-0.1, -0.05) is 26.0 Å². The van der Waals surface area contributed by atoms with E-state index in [0.717, 1.165) is 17.9 Å². The van der Waals surface area contributed by atoms with Gasteiger partial charge in [-0.3, -0.25) is 0 Å². The van der Waals surface area contributed by atoms with Gasteiger partial charge in [0.15, 0.2) is 6.10 Å². The lowest BCUT2D eigenvalue weighted by Crippen LogP contribution is -2.42. The molecule has 0 radical (unpaired) electrons. The van der Waals surface area contributed by atoms with E-state index >= 15 is 0 Å². The lowest BCUT2D eigenvalue weighted by Gasteiger charge is -2.28. The molecule has 1 N–H and O–H groups in total. The molecule has 0 spiro atoms. The van der Waals surface area contributed by atoms with Crippen molar-refractivity contribution in [2.24, 2.45) is 5.92 Å².